The van der Waals surface area contributed by atoms with Crippen molar-refractivity contribution in [2.75, 3.05) is 7.11 Å². The largest absolute Gasteiger partial charge is 0.507 e. The molecular weight excluding hydrogens is 275 g/mol. The van der Waals surface area contributed by atoms with Crippen molar-refractivity contribution in [1.82, 2.24) is 0 Å². The van der Waals surface area contributed by atoms with E-state index in [9.17, 15) is 19.4 Å². The smallest absolute Gasteiger partial charge is 0.189 e. The van der Waals surface area contributed by atoms with Crippen LogP contribution >= 0.6 is 0 Å². The number of ketones is 1. The molecule has 0 saturated carbocycles. The fourth-order valence-electron chi connectivity index (χ4n) is 1.77. The lowest BCUT2D eigenvalue weighted by molar-refractivity contribution is 0.104. The summed E-state index contributed by atoms with van der Waals surface area (Å²) in [7, 11) is 1.42. The second kappa shape index (κ2) is 6.09. The zero-order chi connectivity index (χ0) is 15.4. The van der Waals surface area contributed by atoms with Crippen molar-refractivity contribution in [2.45, 2.75) is 0 Å². The molecule has 0 heterocycles. The summed E-state index contributed by atoms with van der Waals surface area (Å²) in [6.45, 7) is 0. The Morgan fingerprint density at radius 1 is 1.14 bits per heavy atom. The van der Waals surface area contributed by atoms with Crippen LogP contribution in [0.1, 0.15) is 15.9 Å². The first-order chi connectivity index (χ1) is 10.0. The molecule has 0 aliphatic rings. The zero-order valence-electron chi connectivity index (χ0n) is 11.2. The Bertz CT molecular complexity index is 707. The van der Waals surface area contributed by atoms with Gasteiger partial charge in [0.15, 0.2) is 17.3 Å². The quantitative estimate of drug-likeness (QED) is 0.670. The van der Waals surface area contributed by atoms with Crippen LogP contribution in [0.2, 0.25) is 0 Å². The van der Waals surface area contributed by atoms with Gasteiger partial charge < -0.3 is 14.9 Å². The topological polar surface area (TPSA) is 66.8 Å². The highest BCUT2D eigenvalue weighted by Gasteiger charge is 2.09. The minimum atomic E-state index is -0.601. The third-order valence-electron chi connectivity index (χ3n) is 2.85. The van der Waals surface area contributed by atoms with Crippen LogP contribution in [0.3, 0.4) is 0 Å². The fourth-order valence-corrected chi connectivity index (χ4v) is 1.77. The van der Waals surface area contributed by atoms with Crippen LogP contribution < -0.4 is 4.74 Å². The molecule has 0 atom stereocenters. The van der Waals surface area contributed by atoms with Crippen molar-refractivity contribution >= 4 is 11.9 Å². The van der Waals surface area contributed by atoms with Crippen LogP contribution in [-0.4, -0.2) is 23.1 Å². The number of hydrogen-bond donors (Lipinski definition) is 2. The predicted octanol–water partition coefficient (Wildman–Crippen LogP) is 3.14. The number of aromatic hydroxyl groups is 2. The molecule has 0 aromatic heterocycles. The predicted molar refractivity (Wildman–Crippen MR) is 76.1 cm³/mol. The lowest BCUT2D eigenvalue weighted by Gasteiger charge is -2.04. The van der Waals surface area contributed by atoms with E-state index in [4.69, 9.17) is 4.74 Å². The van der Waals surface area contributed by atoms with Gasteiger partial charge in [-0.15, -0.1) is 0 Å². The summed E-state index contributed by atoms with van der Waals surface area (Å²) in [4.78, 5) is 11.9. The molecule has 0 spiro atoms. The van der Waals surface area contributed by atoms with E-state index in [1.165, 1.54) is 25.3 Å². The van der Waals surface area contributed by atoms with Crippen molar-refractivity contribution in [1.29, 1.82) is 0 Å². The first-order valence-electron chi connectivity index (χ1n) is 6.09. The second-order valence-corrected chi connectivity index (χ2v) is 4.29. The van der Waals surface area contributed by atoms with Gasteiger partial charge in [-0.1, -0.05) is 12.1 Å². The fraction of sp³-hybridized carbons (Fsp3) is 0.0625. The molecule has 0 amide bonds. The Balaban J connectivity index is 2.24. The lowest BCUT2D eigenvalue weighted by Crippen LogP contribution is -1.96. The molecule has 0 bridgehead atoms. The minimum absolute atomic E-state index is 0.0104. The standard InChI is InChI=1S/C16H13FO4/c1-21-16-8-10(3-6-15(16)20)2-5-13(18)12-9-11(17)4-7-14(12)19/h2-9,19-20H,1H3. The van der Waals surface area contributed by atoms with Gasteiger partial charge in [-0.05, 0) is 42.0 Å². The molecule has 21 heavy (non-hydrogen) atoms. The number of benzene rings is 2. The normalized spacial score (nSPS) is 10.8. The van der Waals surface area contributed by atoms with Crippen LogP contribution in [0.5, 0.6) is 17.2 Å². The maximum absolute atomic E-state index is 13.1. The number of carbonyl (C=O) groups excluding carboxylic acids is 1. The van der Waals surface area contributed by atoms with Gasteiger partial charge in [0.2, 0.25) is 0 Å². The zero-order valence-corrected chi connectivity index (χ0v) is 11.2. The molecule has 0 aliphatic carbocycles. The van der Waals surface area contributed by atoms with Gasteiger partial charge in [0.05, 0.1) is 12.7 Å². The van der Waals surface area contributed by atoms with Crippen LogP contribution in [0, 0.1) is 5.82 Å². The lowest BCUT2D eigenvalue weighted by atomic mass is 10.1. The molecule has 0 saturated heterocycles. The summed E-state index contributed by atoms with van der Waals surface area (Å²) in [6, 6.07) is 7.74. The van der Waals surface area contributed by atoms with Crippen LogP contribution in [0.4, 0.5) is 4.39 Å². The van der Waals surface area contributed by atoms with Crippen molar-refractivity contribution in [3.63, 3.8) is 0 Å². The highest BCUT2D eigenvalue weighted by molar-refractivity contribution is 6.08. The van der Waals surface area contributed by atoms with Gasteiger partial charge in [-0.3, -0.25) is 4.79 Å². The average Bonchev–Trinajstić information content (AvgIpc) is 2.48. The Morgan fingerprint density at radius 2 is 1.86 bits per heavy atom. The number of carbonyl (C=O) groups is 1. The summed E-state index contributed by atoms with van der Waals surface area (Å²) in [5.74, 6) is -1.15. The number of methoxy groups -OCH3 is 1. The van der Waals surface area contributed by atoms with E-state index in [1.54, 1.807) is 12.1 Å². The third-order valence-corrected chi connectivity index (χ3v) is 2.85. The Hall–Kier alpha value is -2.82. The molecule has 0 radical (unpaired) electrons. The Labute approximate surface area is 120 Å². The van der Waals surface area contributed by atoms with Crippen molar-refractivity contribution < 1.29 is 24.1 Å². The number of phenols is 2. The number of halogens is 1. The first-order valence-corrected chi connectivity index (χ1v) is 6.09. The van der Waals surface area contributed by atoms with Gasteiger partial charge in [-0.25, -0.2) is 4.39 Å². The average molecular weight is 288 g/mol. The van der Waals surface area contributed by atoms with Crippen molar-refractivity contribution in [2.24, 2.45) is 0 Å². The summed E-state index contributed by atoms with van der Waals surface area (Å²) in [5, 5.41) is 19.0. The number of allylic oxidation sites excluding steroid dienone is 1. The van der Waals surface area contributed by atoms with Crippen LogP contribution in [0.25, 0.3) is 6.08 Å². The Morgan fingerprint density at radius 3 is 2.57 bits per heavy atom. The molecule has 2 N–H and O–H groups in total. The van der Waals surface area contributed by atoms with Crippen molar-refractivity contribution in [3.8, 4) is 17.2 Å². The highest BCUT2D eigenvalue weighted by Crippen LogP contribution is 2.27. The van der Waals surface area contributed by atoms with E-state index >= 15 is 0 Å². The van der Waals surface area contributed by atoms with Gasteiger partial charge in [-0.2, -0.15) is 0 Å². The molecule has 2 aromatic rings. The Kier molecular flexibility index (Phi) is 4.23. The summed E-state index contributed by atoms with van der Waals surface area (Å²) < 4.78 is 18.0. The van der Waals surface area contributed by atoms with E-state index in [2.05, 4.69) is 0 Å². The molecule has 0 aliphatic heterocycles. The molecule has 4 nitrogen and oxygen atoms in total. The van der Waals surface area contributed by atoms with E-state index in [0.29, 0.717) is 5.56 Å². The highest BCUT2D eigenvalue weighted by atomic mass is 19.1. The van der Waals surface area contributed by atoms with Gasteiger partial charge in [0.25, 0.3) is 0 Å². The van der Waals surface area contributed by atoms with E-state index in [0.717, 1.165) is 18.2 Å². The third kappa shape index (κ3) is 3.39. The molecule has 0 fully saturated rings. The molecule has 5 heteroatoms. The van der Waals surface area contributed by atoms with Crippen molar-refractivity contribution in [3.05, 3.63) is 59.4 Å². The number of ether oxygens (including phenoxy) is 1. The number of hydrogen-bond acceptors (Lipinski definition) is 4. The molecule has 2 aromatic carbocycles. The number of phenolic OH excluding ortho intramolecular Hbond substituents is 2. The second-order valence-electron chi connectivity index (χ2n) is 4.29. The minimum Gasteiger partial charge on any atom is -0.507 e. The van der Waals surface area contributed by atoms with Gasteiger partial charge >= 0.3 is 0 Å². The van der Waals surface area contributed by atoms with E-state index < -0.39 is 11.6 Å². The van der Waals surface area contributed by atoms with Gasteiger partial charge in [0, 0.05) is 0 Å². The number of rotatable bonds is 4. The van der Waals surface area contributed by atoms with E-state index in [1.807, 2.05) is 0 Å². The van der Waals surface area contributed by atoms with Crippen LogP contribution in [0.15, 0.2) is 42.5 Å². The SMILES string of the molecule is COc1cc(C=CC(=O)c2cc(F)ccc2O)ccc1O. The van der Waals surface area contributed by atoms with Crippen LogP contribution in [-0.2, 0) is 0 Å². The molecule has 108 valence electrons. The maximum Gasteiger partial charge on any atom is 0.189 e. The first kappa shape index (κ1) is 14.6. The molecular formula is C16H13FO4. The monoisotopic (exact) mass is 288 g/mol. The summed E-state index contributed by atoms with van der Waals surface area (Å²) >= 11 is 0. The molecule has 2 rings (SSSR count). The summed E-state index contributed by atoms with van der Waals surface area (Å²) in [6.07, 6.45) is 2.69. The van der Waals surface area contributed by atoms with E-state index in [-0.39, 0.29) is 22.8 Å². The molecule has 0 unspecified atom stereocenters. The van der Waals surface area contributed by atoms with Gasteiger partial charge in [0.1, 0.15) is 11.6 Å². The maximum atomic E-state index is 13.1. The summed E-state index contributed by atoms with van der Waals surface area (Å²) in [5.41, 5.74) is 0.505.